The van der Waals surface area contributed by atoms with Crippen LogP contribution in [0.2, 0.25) is 0 Å². The lowest BCUT2D eigenvalue weighted by atomic mass is 10.1. The Morgan fingerprint density at radius 2 is 0.506 bits per heavy atom. The van der Waals surface area contributed by atoms with Gasteiger partial charge in [-0.15, -0.1) is 0 Å². The summed E-state index contributed by atoms with van der Waals surface area (Å²) in [7, 11) is 0. The highest BCUT2D eigenvalue weighted by atomic mass is 16.6. The largest absolute Gasteiger partial charge is 0.462 e. The van der Waals surface area contributed by atoms with E-state index in [0.717, 1.165) is 141 Å². The van der Waals surface area contributed by atoms with Gasteiger partial charge in [0.15, 0.2) is 6.10 Å². The maximum Gasteiger partial charge on any atom is 0.306 e. The predicted octanol–water partition coefficient (Wildman–Crippen LogP) is 21.8. The molecule has 1 unspecified atom stereocenters. The molecule has 436 valence electrons. The Labute approximate surface area is 475 Å². The Kier molecular flexibility index (Phi) is 60.4. The first kappa shape index (κ1) is 72.5. The minimum Gasteiger partial charge on any atom is -0.462 e. The fourth-order valence-electron chi connectivity index (χ4n) is 8.47. The van der Waals surface area contributed by atoms with Crippen molar-refractivity contribution in [2.24, 2.45) is 0 Å². The maximum atomic E-state index is 12.9. The zero-order valence-electron chi connectivity index (χ0n) is 49.9. The van der Waals surface area contributed by atoms with E-state index < -0.39 is 6.10 Å². The molecule has 0 aromatic heterocycles. The molecule has 0 radical (unpaired) electrons. The standard InChI is InChI=1S/C71H116O6/c1-4-7-10-13-16-19-21-23-25-27-29-31-33-34-35-36-38-39-41-43-45-47-49-52-55-58-61-64-70(73)76-67-68(66-75-69(72)63-60-57-54-51-18-15-12-9-6-3)77-71(74)65-62-59-56-53-50-48-46-44-42-40-37-32-30-28-26-24-22-20-17-14-11-8-5-2/h7-8,10-11,16-17,19-20,23-26,29-32,34-35,38-40,42,68H,4-6,9,12-15,18,21-22,27-28,33,36-37,41,43-67H2,1-3H3/b10-7-,11-8-,19-16-,20-17-,25-23-,26-24-,31-29-,32-30-,35-34-,39-38-,42-40-. The van der Waals surface area contributed by atoms with Crippen LogP contribution in [0.4, 0.5) is 0 Å². The van der Waals surface area contributed by atoms with E-state index in [4.69, 9.17) is 14.2 Å². The molecule has 0 rings (SSSR count). The van der Waals surface area contributed by atoms with Crippen molar-refractivity contribution >= 4 is 17.9 Å². The summed E-state index contributed by atoms with van der Waals surface area (Å²) in [4.78, 5) is 38.2. The fourth-order valence-corrected chi connectivity index (χ4v) is 8.47. The molecule has 0 bridgehead atoms. The molecular weight excluding hydrogens is 949 g/mol. The molecule has 0 aromatic rings. The van der Waals surface area contributed by atoms with E-state index in [0.29, 0.717) is 19.3 Å². The number of rotatable bonds is 56. The Morgan fingerprint density at radius 1 is 0.273 bits per heavy atom. The summed E-state index contributed by atoms with van der Waals surface area (Å²) in [6.07, 6.45) is 90.3. The zero-order chi connectivity index (χ0) is 55.7. The first-order chi connectivity index (χ1) is 38.0. The van der Waals surface area contributed by atoms with E-state index in [2.05, 4.69) is 154 Å². The van der Waals surface area contributed by atoms with Crippen molar-refractivity contribution in [2.75, 3.05) is 13.2 Å². The van der Waals surface area contributed by atoms with Crippen LogP contribution in [0.1, 0.15) is 278 Å². The van der Waals surface area contributed by atoms with Gasteiger partial charge in [0.05, 0.1) is 0 Å². The zero-order valence-corrected chi connectivity index (χ0v) is 49.9. The van der Waals surface area contributed by atoms with Crippen molar-refractivity contribution in [3.05, 3.63) is 134 Å². The third-order valence-corrected chi connectivity index (χ3v) is 13.2. The number of unbranched alkanes of at least 4 members (excludes halogenated alkanes) is 23. The molecular formula is C71H116O6. The normalized spacial score (nSPS) is 13.0. The van der Waals surface area contributed by atoms with Gasteiger partial charge in [0, 0.05) is 19.3 Å². The van der Waals surface area contributed by atoms with Crippen LogP contribution in [0.3, 0.4) is 0 Å². The number of hydrogen-bond donors (Lipinski definition) is 0. The van der Waals surface area contributed by atoms with Crippen molar-refractivity contribution in [1.29, 1.82) is 0 Å². The summed E-state index contributed by atoms with van der Waals surface area (Å²) in [5, 5.41) is 0. The summed E-state index contributed by atoms with van der Waals surface area (Å²) in [5.74, 6) is -0.908. The van der Waals surface area contributed by atoms with E-state index >= 15 is 0 Å². The van der Waals surface area contributed by atoms with Gasteiger partial charge in [0.25, 0.3) is 0 Å². The van der Waals surface area contributed by atoms with E-state index in [1.54, 1.807) is 0 Å². The molecule has 0 spiro atoms. The average Bonchev–Trinajstić information content (AvgIpc) is 3.43. The van der Waals surface area contributed by atoms with Gasteiger partial charge in [-0.25, -0.2) is 0 Å². The van der Waals surface area contributed by atoms with Gasteiger partial charge >= 0.3 is 17.9 Å². The molecule has 0 fully saturated rings. The molecule has 1 atom stereocenters. The Bertz CT molecular complexity index is 1650. The van der Waals surface area contributed by atoms with E-state index in [1.807, 2.05) is 0 Å². The molecule has 0 aromatic carbocycles. The van der Waals surface area contributed by atoms with E-state index in [1.165, 1.54) is 96.3 Å². The monoisotopic (exact) mass is 1060 g/mol. The van der Waals surface area contributed by atoms with Gasteiger partial charge in [-0.05, 0) is 116 Å². The van der Waals surface area contributed by atoms with Gasteiger partial charge in [0.2, 0.25) is 0 Å². The molecule has 0 aliphatic carbocycles. The number of esters is 3. The topological polar surface area (TPSA) is 78.9 Å². The molecule has 0 aliphatic rings. The Balaban J connectivity index is 4.29. The molecule has 0 amide bonds. The van der Waals surface area contributed by atoms with Crippen LogP contribution in [0.15, 0.2) is 134 Å². The van der Waals surface area contributed by atoms with Crippen LogP contribution in [0.25, 0.3) is 0 Å². The lowest BCUT2D eigenvalue weighted by Crippen LogP contribution is -2.30. The molecule has 0 saturated carbocycles. The third-order valence-electron chi connectivity index (χ3n) is 13.2. The van der Waals surface area contributed by atoms with Crippen molar-refractivity contribution in [3.8, 4) is 0 Å². The molecule has 0 heterocycles. The Morgan fingerprint density at radius 3 is 0.792 bits per heavy atom. The quantitative estimate of drug-likeness (QED) is 0.0261. The SMILES string of the molecule is CC/C=C\C/C=C\C/C=C\C/C=C\C/C=C\C/C=C\CCCCCCCCCCC(=O)OCC(COC(=O)CCCCCCCCCCC)OC(=O)CCCCCCCCC/C=C\C/C=C\C/C=C\C/C=C\C/C=C\CC. The summed E-state index contributed by atoms with van der Waals surface area (Å²) in [6.45, 7) is 6.38. The number of ether oxygens (including phenoxy) is 3. The molecule has 0 aliphatic heterocycles. The third kappa shape index (κ3) is 62.3. The average molecular weight is 1070 g/mol. The van der Waals surface area contributed by atoms with Gasteiger partial charge < -0.3 is 14.2 Å². The number of hydrogen-bond acceptors (Lipinski definition) is 6. The first-order valence-electron chi connectivity index (χ1n) is 31.7. The van der Waals surface area contributed by atoms with Gasteiger partial charge in [-0.2, -0.15) is 0 Å². The molecule has 0 N–H and O–H groups in total. The second-order valence-corrected chi connectivity index (χ2v) is 20.6. The minimum absolute atomic E-state index is 0.0870. The van der Waals surface area contributed by atoms with Crippen LogP contribution >= 0.6 is 0 Å². The Hall–Kier alpha value is -4.45. The summed E-state index contributed by atoms with van der Waals surface area (Å²) < 4.78 is 16.9. The van der Waals surface area contributed by atoms with Crippen molar-refractivity contribution in [3.63, 3.8) is 0 Å². The van der Waals surface area contributed by atoms with E-state index in [9.17, 15) is 14.4 Å². The van der Waals surface area contributed by atoms with Gasteiger partial charge in [0.1, 0.15) is 13.2 Å². The van der Waals surface area contributed by atoms with Crippen LogP contribution in [0.5, 0.6) is 0 Å². The molecule has 77 heavy (non-hydrogen) atoms. The van der Waals surface area contributed by atoms with Crippen molar-refractivity contribution in [1.82, 2.24) is 0 Å². The molecule has 0 saturated heterocycles. The van der Waals surface area contributed by atoms with Gasteiger partial charge in [-0.3, -0.25) is 14.4 Å². The smallest absolute Gasteiger partial charge is 0.306 e. The summed E-state index contributed by atoms with van der Waals surface area (Å²) >= 11 is 0. The molecule has 6 nitrogen and oxygen atoms in total. The first-order valence-corrected chi connectivity index (χ1v) is 31.7. The minimum atomic E-state index is -0.791. The second kappa shape index (κ2) is 64.1. The van der Waals surface area contributed by atoms with Crippen LogP contribution in [-0.4, -0.2) is 37.2 Å². The van der Waals surface area contributed by atoms with Crippen molar-refractivity contribution in [2.45, 2.75) is 284 Å². The van der Waals surface area contributed by atoms with Crippen molar-refractivity contribution < 1.29 is 28.6 Å². The number of allylic oxidation sites excluding steroid dienone is 22. The highest BCUT2D eigenvalue weighted by Crippen LogP contribution is 2.15. The summed E-state index contributed by atoms with van der Waals surface area (Å²) in [6, 6.07) is 0. The van der Waals surface area contributed by atoms with E-state index in [-0.39, 0.29) is 31.1 Å². The van der Waals surface area contributed by atoms with Crippen LogP contribution < -0.4 is 0 Å². The highest BCUT2D eigenvalue weighted by molar-refractivity contribution is 5.71. The number of carbonyl (C=O) groups is 3. The lowest BCUT2D eigenvalue weighted by molar-refractivity contribution is -0.167. The van der Waals surface area contributed by atoms with Gasteiger partial charge in [-0.1, -0.05) is 276 Å². The molecule has 6 heteroatoms. The highest BCUT2D eigenvalue weighted by Gasteiger charge is 2.19. The summed E-state index contributed by atoms with van der Waals surface area (Å²) in [5.41, 5.74) is 0. The fraction of sp³-hybridized carbons (Fsp3) is 0.648. The predicted molar refractivity (Wildman–Crippen MR) is 334 cm³/mol. The van der Waals surface area contributed by atoms with Crippen LogP contribution in [0, 0.1) is 0 Å². The van der Waals surface area contributed by atoms with Crippen LogP contribution in [-0.2, 0) is 28.6 Å². The maximum absolute atomic E-state index is 12.9. The lowest BCUT2D eigenvalue weighted by Gasteiger charge is -2.18. The second-order valence-electron chi connectivity index (χ2n) is 20.6. The number of carbonyl (C=O) groups excluding carboxylic acids is 3.